The van der Waals surface area contributed by atoms with E-state index in [1.54, 1.807) is 6.07 Å². The number of benzene rings is 1. The van der Waals surface area contributed by atoms with Gasteiger partial charge in [-0.3, -0.25) is 0 Å². The first-order valence-electron chi connectivity index (χ1n) is 5.95. The van der Waals surface area contributed by atoms with Gasteiger partial charge in [0.05, 0.1) is 6.61 Å². The smallest absolute Gasteiger partial charge is 0.328 e. The SMILES string of the molecule is O=C(O)/C=C/c1cccc(OCOCC2CC2)c1. The fourth-order valence-electron chi connectivity index (χ4n) is 1.48. The van der Waals surface area contributed by atoms with Crippen LogP contribution < -0.4 is 4.74 Å². The Bertz CT molecular complexity index is 435. The van der Waals surface area contributed by atoms with Gasteiger partial charge >= 0.3 is 5.97 Å². The first-order chi connectivity index (χ1) is 8.74. The summed E-state index contributed by atoms with van der Waals surface area (Å²) in [5.74, 6) is 0.436. The van der Waals surface area contributed by atoms with Crippen LogP contribution in [0, 0.1) is 5.92 Å². The lowest BCUT2D eigenvalue weighted by Crippen LogP contribution is -2.05. The molecule has 4 nitrogen and oxygen atoms in total. The summed E-state index contributed by atoms with van der Waals surface area (Å²) in [6.45, 7) is 1.00. The largest absolute Gasteiger partial charge is 0.478 e. The minimum atomic E-state index is -0.964. The van der Waals surface area contributed by atoms with Gasteiger partial charge in [0.25, 0.3) is 0 Å². The van der Waals surface area contributed by atoms with Crippen molar-refractivity contribution < 1.29 is 19.4 Å². The molecule has 1 aromatic carbocycles. The third-order valence-electron chi connectivity index (χ3n) is 2.64. The number of carbonyl (C=O) groups is 1. The molecule has 18 heavy (non-hydrogen) atoms. The Labute approximate surface area is 106 Å². The Balaban J connectivity index is 1.80. The number of hydrogen-bond donors (Lipinski definition) is 1. The molecule has 0 aromatic heterocycles. The van der Waals surface area contributed by atoms with Gasteiger partial charge in [-0.25, -0.2) is 4.79 Å². The van der Waals surface area contributed by atoms with E-state index < -0.39 is 5.97 Å². The molecule has 0 amide bonds. The van der Waals surface area contributed by atoms with Crippen molar-refractivity contribution in [2.24, 2.45) is 5.92 Å². The predicted molar refractivity (Wildman–Crippen MR) is 67.3 cm³/mol. The minimum absolute atomic E-state index is 0.239. The fraction of sp³-hybridized carbons (Fsp3) is 0.357. The lowest BCUT2D eigenvalue weighted by atomic mass is 10.2. The van der Waals surface area contributed by atoms with Crippen molar-refractivity contribution in [1.82, 2.24) is 0 Å². The third kappa shape index (κ3) is 4.59. The van der Waals surface area contributed by atoms with Gasteiger partial charge in [-0.2, -0.15) is 0 Å². The van der Waals surface area contributed by atoms with Crippen molar-refractivity contribution in [3.05, 3.63) is 35.9 Å². The Morgan fingerprint density at radius 1 is 1.44 bits per heavy atom. The Morgan fingerprint density at radius 2 is 2.28 bits per heavy atom. The average Bonchev–Trinajstić information content (AvgIpc) is 3.17. The summed E-state index contributed by atoms with van der Waals surface area (Å²) >= 11 is 0. The molecule has 0 spiro atoms. The normalized spacial score (nSPS) is 14.9. The molecule has 0 bridgehead atoms. The molecule has 1 aliphatic carbocycles. The van der Waals surface area contributed by atoms with Gasteiger partial charge in [0.15, 0.2) is 6.79 Å². The van der Waals surface area contributed by atoms with Gasteiger partial charge in [-0.1, -0.05) is 12.1 Å². The van der Waals surface area contributed by atoms with E-state index in [1.807, 2.05) is 18.2 Å². The van der Waals surface area contributed by atoms with Gasteiger partial charge in [0, 0.05) is 6.08 Å². The van der Waals surface area contributed by atoms with Crippen molar-refractivity contribution in [2.45, 2.75) is 12.8 Å². The highest BCUT2D eigenvalue weighted by atomic mass is 16.7. The molecule has 1 aliphatic rings. The lowest BCUT2D eigenvalue weighted by molar-refractivity contribution is -0.131. The van der Waals surface area contributed by atoms with E-state index in [2.05, 4.69) is 0 Å². The molecular formula is C14H16O4. The highest BCUT2D eigenvalue weighted by molar-refractivity contribution is 5.85. The second-order valence-electron chi connectivity index (χ2n) is 4.32. The molecule has 2 rings (SSSR count). The van der Waals surface area contributed by atoms with Crippen LogP contribution in [0.4, 0.5) is 0 Å². The van der Waals surface area contributed by atoms with Gasteiger partial charge < -0.3 is 14.6 Å². The van der Waals surface area contributed by atoms with Crippen LogP contribution in [0.25, 0.3) is 6.08 Å². The van der Waals surface area contributed by atoms with Crippen LogP contribution in [-0.2, 0) is 9.53 Å². The molecule has 4 heteroatoms. The summed E-state index contributed by atoms with van der Waals surface area (Å²) in [7, 11) is 0. The molecule has 1 aromatic rings. The topological polar surface area (TPSA) is 55.8 Å². The summed E-state index contributed by atoms with van der Waals surface area (Å²) in [6, 6.07) is 7.23. The summed E-state index contributed by atoms with van der Waals surface area (Å²) in [6.07, 6.45) is 5.15. The molecule has 0 unspecified atom stereocenters. The van der Waals surface area contributed by atoms with Crippen LogP contribution in [0.3, 0.4) is 0 Å². The number of aliphatic carboxylic acids is 1. The summed E-state index contributed by atoms with van der Waals surface area (Å²) < 4.78 is 10.8. The van der Waals surface area contributed by atoms with Gasteiger partial charge in [-0.15, -0.1) is 0 Å². The summed E-state index contributed by atoms with van der Waals surface area (Å²) in [5.41, 5.74) is 0.789. The summed E-state index contributed by atoms with van der Waals surface area (Å²) in [5, 5.41) is 8.54. The standard InChI is InChI=1S/C14H16O4/c15-14(16)7-6-11-2-1-3-13(8-11)18-10-17-9-12-4-5-12/h1-3,6-8,12H,4-5,9-10H2,(H,15,16)/b7-6+. The van der Waals surface area contributed by atoms with Crippen molar-refractivity contribution in [2.75, 3.05) is 13.4 Å². The molecule has 0 aliphatic heterocycles. The van der Waals surface area contributed by atoms with Crippen LogP contribution >= 0.6 is 0 Å². The maximum atomic E-state index is 10.4. The first-order valence-corrected chi connectivity index (χ1v) is 5.95. The molecule has 0 saturated heterocycles. The van der Waals surface area contributed by atoms with Gasteiger partial charge in [-0.05, 0) is 42.5 Å². The van der Waals surface area contributed by atoms with Crippen molar-refractivity contribution in [3.8, 4) is 5.75 Å². The maximum Gasteiger partial charge on any atom is 0.328 e. The van der Waals surface area contributed by atoms with Crippen LogP contribution in [0.5, 0.6) is 5.75 Å². The maximum absolute atomic E-state index is 10.4. The molecule has 1 saturated carbocycles. The Kier molecular flexibility index (Phi) is 4.36. The Morgan fingerprint density at radius 3 is 3.00 bits per heavy atom. The zero-order valence-electron chi connectivity index (χ0n) is 10.0. The van der Waals surface area contributed by atoms with E-state index in [4.69, 9.17) is 14.6 Å². The third-order valence-corrected chi connectivity index (χ3v) is 2.64. The average molecular weight is 248 g/mol. The molecule has 0 atom stereocenters. The fourth-order valence-corrected chi connectivity index (χ4v) is 1.48. The van der Waals surface area contributed by atoms with E-state index in [9.17, 15) is 4.79 Å². The number of carboxylic acids is 1. The number of hydrogen-bond acceptors (Lipinski definition) is 3. The molecule has 0 heterocycles. The van der Waals surface area contributed by atoms with E-state index in [-0.39, 0.29) is 6.79 Å². The zero-order valence-corrected chi connectivity index (χ0v) is 10.0. The minimum Gasteiger partial charge on any atom is -0.478 e. The van der Waals surface area contributed by atoms with Crippen molar-refractivity contribution in [3.63, 3.8) is 0 Å². The van der Waals surface area contributed by atoms with E-state index in [0.717, 1.165) is 24.2 Å². The molecule has 1 fully saturated rings. The number of rotatable bonds is 7. The number of carboxylic acid groups (broad SMARTS) is 1. The molecule has 96 valence electrons. The highest BCUT2D eigenvalue weighted by Gasteiger charge is 2.20. The van der Waals surface area contributed by atoms with Crippen LogP contribution in [0.15, 0.2) is 30.3 Å². The highest BCUT2D eigenvalue weighted by Crippen LogP contribution is 2.28. The molecular weight excluding hydrogens is 232 g/mol. The predicted octanol–water partition coefficient (Wildman–Crippen LogP) is 2.55. The monoisotopic (exact) mass is 248 g/mol. The zero-order chi connectivity index (χ0) is 12.8. The first kappa shape index (κ1) is 12.6. The van der Waals surface area contributed by atoms with E-state index in [0.29, 0.717) is 5.75 Å². The number of ether oxygens (including phenoxy) is 2. The van der Waals surface area contributed by atoms with E-state index in [1.165, 1.54) is 18.9 Å². The van der Waals surface area contributed by atoms with Gasteiger partial charge in [0.2, 0.25) is 0 Å². The van der Waals surface area contributed by atoms with E-state index >= 15 is 0 Å². The van der Waals surface area contributed by atoms with Crippen molar-refractivity contribution >= 4 is 12.0 Å². The Hall–Kier alpha value is -1.81. The second-order valence-corrected chi connectivity index (χ2v) is 4.32. The summed E-state index contributed by atoms with van der Waals surface area (Å²) in [4.78, 5) is 10.4. The van der Waals surface area contributed by atoms with Crippen LogP contribution in [0.1, 0.15) is 18.4 Å². The van der Waals surface area contributed by atoms with Gasteiger partial charge in [0.1, 0.15) is 5.75 Å². The van der Waals surface area contributed by atoms with Crippen LogP contribution in [0.2, 0.25) is 0 Å². The quantitative estimate of drug-likeness (QED) is 0.457. The van der Waals surface area contributed by atoms with Crippen LogP contribution in [-0.4, -0.2) is 24.5 Å². The second kappa shape index (κ2) is 6.21. The van der Waals surface area contributed by atoms with Crippen molar-refractivity contribution in [1.29, 1.82) is 0 Å². The molecule has 0 radical (unpaired) electrons. The lowest BCUT2D eigenvalue weighted by Gasteiger charge is -2.07. The molecule has 1 N–H and O–H groups in total.